The molecule has 3 N–H and O–H groups in total. The molecule has 4 nitrogen and oxygen atoms in total. The van der Waals surface area contributed by atoms with Crippen molar-refractivity contribution < 1.29 is 4.79 Å². The molecule has 1 aromatic carbocycles. The normalized spacial score (nSPS) is 10.1. The number of pyridine rings is 1. The number of nitrogens with zero attached hydrogens (tertiary/aromatic N) is 1. The maximum absolute atomic E-state index is 11.8. The second-order valence-corrected chi connectivity index (χ2v) is 4.95. The molecule has 5 heteroatoms. The van der Waals surface area contributed by atoms with E-state index >= 15 is 0 Å². The summed E-state index contributed by atoms with van der Waals surface area (Å²) in [4.78, 5) is 15.9. The van der Waals surface area contributed by atoms with Crippen LogP contribution in [0.1, 0.15) is 5.69 Å². The van der Waals surface area contributed by atoms with Gasteiger partial charge in [0, 0.05) is 9.26 Å². The number of halogens is 1. The molecule has 2 aromatic rings. The van der Waals surface area contributed by atoms with Crippen molar-refractivity contribution in [3.63, 3.8) is 0 Å². The van der Waals surface area contributed by atoms with E-state index in [1.807, 2.05) is 24.3 Å². The van der Waals surface area contributed by atoms with Gasteiger partial charge < -0.3 is 11.1 Å². The Morgan fingerprint density at radius 1 is 1.28 bits per heavy atom. The van der Waals surface area contributed by atoms with Gasteiger partial charge in [-0.25, -0.2) is 0 Å². The highest BCUT2D eigenvalue weighted by atomic mass is 127. The molecule has 0 bridgehead atoms. The number of rotatable bonds is 3. The number of hydrogen-bond acceptors (Lipinski definition) is 3. The summed E-state index contributed by atoms with van der Waals surface area (Å²) < 4.78 is 1.01. The van der Waals surface area contributed by atoms with Crippen LogP contribution in [0.2, 0.25) is 0 Å². The van der Waals surface area contributed by atoms with Crippen LogP contribution < -0.4 is 11.1 Å². The highest BCUT2D eigenvalue weighted by Gasteiger charge is 2.06. The average Bonchev–Trinajstić information content (AvgIpc) is 2.35. The van der Waals surface area contributed by atoms with E-state index in [-0.39, 0.29) is 12.3 Å². The lowest BCUT2D eigenvalue weighted by molar-refractivity contribution is -0.115. The number of hydrogen-bond donors (Lipinski definition) is 2. The zero-order valence-electron chi connectivity index (χ0n) is 9.56. The van der Waals surface area contributed by atoms with Crippen LogP contribution in [-0.2, 0) is 11.2 Å². The first-order valence-corrected chi connectivity index (χ1v) is 6.48. The molecule has 0 aliphatic heterocycles. The largest absolute Gasteiger partial charge is 0.397 e. The van der Waals surface area contributed by atoms with Gasteiger partial charge in [0.1, 0.15) is 0 Å². The summed E-state index contributed by atoms with van der Waals surface area (Å²) in [5.74, 6) is -0.0867. The van der Waals surface area contributed by atoms with Gasteiger partial charge in [-0.3, -0.25) is 9.78 Å². The smallest absolute Gasteiger partial charge is 0.230 e. The van der Waals surface area contributed by atoms with Gasteiger partial charge in [-0.05, 0) is 46.9 Å². The molecule has 0 saturated heterocycles. The Morgan fingerprint density at radius 3 is 2.72 bits per heavy atom. The predicted octanol–water partition coefficient (Wildman–Crippen LogP) is 2.45. The number of aromatic nitrogens is 1. The molecular formula is C13H12IN3O. The highest BCUT2D eigenvalue weighted by Crippen LogP contribution is 2.17. The number of amides is 1. The fourth-order valence-electron chi connectivity index (χ4n) is 1.46. The molecule has 0 saturated carbocycles. The lowest BCUT2D eigenvalue weighted by Gasteiger charge is -2.06. The number of para-hydroxylation sites is 1. The van der Waals surface area contributed by atoms with Crippen LogP contribution in [0.5, 0.6) is 0 Å². The second-order valence-electron chi connectivity index (χ2n) is 3.79. The van der Waals surface area contributed by atoms with E-state index in [0.29, 0.717) is 11.4 Å². The molecule has 1 aromatic heterocycles. The van der Waals surface area contributed by atoms with Gasteiger partial charge in [0.2, 0.25) is 5.91 Å². The number of benzene rings is 1. The van der Waals surface area contributed by atoms with E-state index in [9.17, 15) is 4.79 Å². The van der Waals surface area contributed by atoms with Crippen molar-refractivity contribution in [2.75, 3.05) is 11.1 Å². The summed E-state index contributed by atoms with van der Waals surface area (Å²) in [5.41, 5.74) is 7.65. The molecule has 2 rings (SSSR count). The molecule has 0 spiro atoms. The monoisotopic (exact) mass is 353 g/mol. The second kappa shape index (κ2) is 5.81. The molecule has 0 radical (unpaired) electrons. The maximum atomic E-state index is 11.8. The molecule has 0 atom stereocenters. The molecule has 0 aliphatic rings. The first-order chi connectivity index (χ1) is 8.65. The standard InChI is InChI=1S/C13H12IN3O/c14-11-3-1-2-4-12(11)17-13(18)7-10-6-5-9(15)8-16-10/h1-6,8H,7,15H2,(H,17,18). The van der Waals surface area contributed by atoms with Crippen molar-refractivity contribution >= 4 is 39.9 Å². The molecule has 0 unspecified atom stereocenters. The van der Waals surface area contributed by atoms with Gasteiger partial charge in [0.15, 0.2) is 0 Å². The minimum absolute atomic E-state index is 0.0867. The lowest BCUT2D eigenvalue weighted by atomic mass is 10.2. The number of nitrogens with one attached hydrogen (secondary N) is 1. The van der Waals surface area contributed by atoms with Crippen molar-refractivity contribution in [2.45, 2.75) is 6.42 Å². The Bertz CT molecular complexity index is 554. The van der Waals surface area contributed by atoms with E-state index in [4.69, 9.17) is 5.73 Å². The Labute approximate surface area is 119 Å². The molecule has 0 aliphatic carbocycles. The van der Waals surface area contributed by atoms with E-state index in [0.717, 1.165) is 9.26 Å². The molecule has 0 fully saturated rings. The SMILES string of the molecule is Nc1ccc(CC(=O)Nc2ccccc2I)nc1. The number of carbonyl (C=O) groups is 1. The lowest BCUT2D eigenvalue weighted by Crippen LogP contribution is -2.15. The van der Waals surface area contributed by atoms with Crippen molar-refractivity contribution in [1.82, 2.24) is 4.98 Å². The Morgan fingerprint density at radius 2 is 2.06 bits per heavy atom. The third-order valence-corrected chi connectivity index (χ3v) is 3.28. The van der Waals surface area contributed by atoms with Gasteiger partial charge in [-0.15, -0.1) is 0 Å². The highest BCUT2D eigenvalue weighted by molar-refractivity contribution is 14.1. The topological polar surface area (TPSA) is 68.0 Å². The van der Waals surface area contributed by atoms with Crippen molar-refractivity contribution in [2.24, 2.45) is 0 Å². The molecule has 18 heavy (non-hydrogen) atoms. The first kappa shape index (κ1) is 12.8. The Kier molecular flexibility index (Phi) is 4.14. The number of nitrogens with two attached hydrogens (primary N) is 1. The summed E-state index contributed by atoms with van der Waals surface area (Å²) >= 11 is 2.18. The first-order valence-electron chi connectivity index (χ1n) is 5.40. The third-order valence-electron chi connectivity index (χ3n) is 2.34. The van der Waals surface area contributed by atoms with Crippen molar-refractivity contribution in [1.29, 1.82) is 0 Å². The van der Waals surface area contributed by atoms with Crippen LogP contribution in [0.15, 0.2) is 42.6 Å². The van der Waals surface area contributed by atoms with Gasteiger partial charge in [0.05, 0.1) is 24.0 Å². The van der Waals surface area contributed by atoms with Crippen LogP contribution in [-0.4, -0.2) is 10.9 Å². The van der Waals surface area contributed by atoms with E-state index in [1.54, 1.807) is 18.3 Å². The molecule has 1 amide bonds. The van der Waals surface area contributed by atoms with Gasteiger partial charge >= 0.3 is 0 Å². The molecule has 92 valence electrons. The minimum Gasteiger partial charge on any atom is -0.397 e. The van der Waals surface area contributed by atoms with E-state index in [1.165, 1.54) is 0 Å². The van der Waals surface area contributed by atoms with Crippen LogP contribution in [0.25, 0.3) is 0 Å². The van der Waals surface area contributed by atoms with Crippen molar-refractivity contribution in [3.05, 3.63) is 51.9 Å². The summed E-state index contributed by atoms with van der Waals surface area (Å²) in [6.45, 7) is 0. The van der Waals surface area contributed by atoms with E-state index in [2.05, 4.69) is 32.9 Å². The number of anilines is 2. The van der Waals surface area contributed by atoms with E-state index < -0.39 is 0 Å². The summed E-state index contributed by atoms with van der Waals surface area (Å²) in [6.07, 6.45) is 1.79. The summed E-state index contributed by atoms with van der Waals surface area (Å²) in [6, 6.07) is 11.1. The Balaban J connectivity index is 2.01. The number of carbonyl (C=O) groups excluding carboxylic acids is 1. The predicted molar refractivity (Wildman–Crippen MR) is 80.1 cm³/mol. The van der Waals surface area contributed by atoms with Gasteiger partial charge in [0.25, 0.3) is 0 Å². The zero-order chi connectivity index (χ0) is 13.0. The van der Waals surface area contributed by atoms with Crippen LogP contribution in [0.3, 0.4) is 0 Å². The number of nitrogen functional groups attached to an aromatic ring is 1. The van der Waals surface area contributed by atoms with Crippen LogP contribution in [0, 0.1) is 3.57 Å². The third kappa shape index (κ3) is 3.43. The summed E-state index contributed by atoms with van der Waals surface area (Å²) in [7, 11) is 0. The summed E-state index contributed by atoms with van der Waals surface area (Å²) in [5, 5.41) is 2.86. The average molecular weight is 353 g/mol. The quantitative estimate of drug-likeness (QED) is 0.833. The molecule has 1 heterocycles. The van der Waals surface area contributed by atoms with Gasteiger partial charge in [-0.1, -0.05) is 12.1 Å². The maximum Gasteiger partial charge on any atom is 0.230 e. The molecular weight excluding hydrogens is 341 g/mol. The zero-order valence-corrected chi connectivity index (χ0v) is 11.7. The van der Waals surface area contributed by atoms with Crippen LogP contribution >= 0.6 is 22.6 Å². The fourth-order valence-corrected chi connectivity index (χ4v) is 1.98. The van der Waals surface area contributed by atoms with Crippen LogP contribution in [0.4, 0.5) is 11.4 Å². The van der Waals surface area contributed by atoms with Crippen molar-refractivity contribution in [3.8, 4) is 0 Å². The fraction of sp³-hybridized carbons (Fsp3) is 0.0769. The Hall–Kier alpha value is -1.63. The van der Waals surface area contributed by atoms with Gasteiger partial charge in [-0.2, -0.15) is 0 Å². The minimum atomic E-state index is -0.0867.